The molecule has 2 N–H and O–H groups in total. The van der Waals surface area contributed by atoms with Crippen molar-refractivity contribution in [2.45, 2.75) is 50.6 Å². The number of alkyl halides is 9. The Morgan fingerprint density at radius 2 is 1.41 bits per heavy atom. The van der Waals surface area contributed by atoms with E-state index in [0.717, 1.165) is 0 Å². The fourth-order valence-electron chi connectivity index (χ4n) is 4.51. The maximum Gasteiger partial charge on any atom is 0.416 e. The van der Waals surface area contributed by atoms with E-state index >= 15 is 0 Å². The molecule has 2 aliphatic rings. The van der Waals surface area contributed by atoms with Crippen LogP contribution in [0.15, 0.2) is 18.2 Å². The quantitative estimate of drug-likeness (QED) is 0.472. The summed E-state index contributed by atoms with van der Waals surface area (Å²) in [6, 6.07) is 0.687. The fraction of sp³-hybridized carbons (Fsp3) is 0.652. The van der Waals surface area contributed by atoms with E-state index in [1.807, 2.05) is 4.90 Å². The van der Waals surface area contributed by atoms with Gasteiger partial charge in [-0.1, -0.05) is 6.42 Å². The van der Waals surface area contributed by atoms with E-state index in [-0.39, 0.29) is 37.9 Å². The smallest absolute Gasteiger partial charge is 0.354 e. The molecule has 1 aromatic carbocycles. The Bertz CT molecular complexity index is 945. The van der Waals surface area contributed by atoms with Gasteiger partial charge in [0.1, 0.15) is 5.41 Å². The van der Waals surface area contributed by atoms with Gasteiger partial charge in [-0.15, -0.1) is 0 Å². The highest BCUT2D eigenvalue weighted by atomic mass is 19.4. The molecule has 0 atom stereocenters. The van der Waals surface area contributed by atoms with Gasteiger partial charge in [-0.2, -0.15) is 39.5 Å². The summed E-state index contributed by atoms with van der Waals surface area (Å²) in [7, 11) is 0. The molecular weight excluding hydrogens is 521 g/mol. The maximum atomic E-state index is 13.2. The number of hydrogen-bond acceptors (Lipinski definition) is 3. The van der Waals surface area contributed by atoms with E-state index in [1.54, 1.807) is 0 Å². The predicted molar refractivity (Wildman–Crippen MR) is 113 cm³/mol. The molecule has 0 bridgehead atoms. The van der Waals surface area contributed by atoms with E-state index in [0.29, 0.717) is 51.0 Å². The molecule has 0 spiro atoms. The number of piperidine rings is 1. The maximum absolute atomic E-state index is 13.2. The van der Waals surface area contributed by atoms with Crippen molar-refractivity contribution in [2.75, 3.05) is 32.7 Å². The highest BCUT2D eigenvalue weighted by Crippen LogP contribution is 2.53. The summed E-state index contributed by atoms with van der Waals surface area (Å²) in [5.41, 5.74) is -6.21. The van der Waals surface area contributed by atoms with Crippen molar-refractivity contribution in [1.82, 2.24) is 15.5 Å². The molecule has 3 rings (SSSR count). The average molecular weight is 547 g/mol. The van der Waals surface area contributed by atoms with Gasteiger partial charge in [0, 0.05) is 25.2 Å². The van der Waals surface area contributed by atoms with Crippen molar-refractivity contribution >= 4 is 11.8 Å². The first-order valence-corrected chi connectivity index (χ1v) is 11.7. The van der Waals surface area contributed by atoms with E-state index in [2.05, 4.69) is 10.6 Å². The molecule has 0 aromatic heterocycles. The molecule has 2 amide bonds. The Morgan fingerprint density at radius 3 is 1.84 bits per heavy atom. The van der Waals surface area contributed by atoms with Crippen LogP contribution in [0, 0.1) is 11.3 Å². The largest absolute Gasteiger partial charge is 0.416 e. The second kappa shape index (κ2) is 10.7. The Hall–Kier alpha value is -2.51. The molecular formula is C23H26F9N3O2. The number of nitrogens with zero attached hydrogens (tertiary/aromatic N) is 1. The predicted octanol–water partition coefficient (Wildman–Crippen LogP) is 5.01. The van der Waals surface area contributed by atoms with Crippen LogP contribution in [-0.4, -0.2) is 55.6 Å². The van der Waals surface area contributed by atoms with Gasteiger partial charge in [0.15, 0.2) is 0 Å². The van der Waals surface area contributed by atoms with E-state index in [4.69, 9.17) is 0 Å². The van der Waals surface area contributed by atoms with Crippen LogP contribution in [0.25, 0.3) is 0 Å². The van der Waals surface area contributed by atoms with Crippen LogP contribution in [0.5, 0.6) is 0 Å². The zero-order valence-electron chi connectivity index (χ0n) is 19.5. The fourth-order valence-corrected chi connectivity index (χ4v) is 4.51. The van der Waals surface area contributed by atoms with E-state index < -0.39 is 52.4 Å². The van der Waals surface area contributed by atoms with Gasteiger partial charge in [-0.25, -0.2) is 0 Å². The SMILES string of the molecule is O=C(NCC1CCN(CCNC(=O)C2(C(F)(F)F)CCC2)CC1)c1cc(C(F)(F)F)cc(C(F)(F)F)c1. The average Bonchev–Trinajstić information content (AvgIpc) is 2.75. The van der Waals surface area contributed by atoms with Crippen molar-refractivity contribution in [1.29, 1.82) is 0 Å². The number of hydrogen-bond donors (Lipinski definition) is 2. The first-order chi connectivity index (χ1) is 17.0. The summed E-state index contributed by atoms with van der Waals surface area (Å²) in [5.74, 6) is -2.17. The molecule has 1 saturated heterocycles. The van der Waals surface area contributed by atoms with Crippen LogP contribution >= 0.6 is 0 Å². The number of likely N-dealkylation sites (tertiary alicyclic amines) is 1. The highest BCUT2D eigenvalue weighted by molar-refractivity contribution is 5.94. The second-order valence-electron chi connectivity index (χ2n) is 9.48. The van der Waals surface area contributed by atoms with Gasteiger partial charge in [-0.05, 0) is 62.9 Å². The lowest BCUT2D eigenvalue weighted by Gasteiger charge is -2.41. The summed E-state index contributed by atoms with van der Waals surface area (Å²) in [6.45, 7) is 1.40. The van der Waals surface area contributed by atoms with Gasteiger partial charge in [-0.3, -0.25) is 9.59 Å². The van der Waals surface area contributed by atoms with Crippen molar-refractivity contribution in [2.24, 2.45) is 11.3 Å². The van der Waals surface area contributed by atoms with Crippen LogP contribution in [0.2, 0.25) is 0 Å². The molecule has 1 heterocycles. The molecule has 0 radical (unpaired) electrons. The normalized spacial score (nSPS) is 19.3. The molecule has 1 aromatic rings. The Balaban J connectivity index is 1.45. The lowest BCUT2D eigenvalue weighted by Crippen LogP contribution is -2.55. The molecule has 1 saturated carbocycles. The second-order valence-corrected chi connectivity index (χ2v) is 9.48. The number of nitrogens with one attached hydrogen (secondary N) is 2. The zero-order chi connectivity index (χ0) is 27.6. The third kappa shape index (κ3) is 6.88. The summed E-state index contributed by atoms with van der Waals surface area (Å²) in [5, 5.41) is 4.75. The number of carbonyl (C=O) groups is 2. The van der Waals surface area contributed by atoms with Gasteiger partial charge in [0.25, 0.3) is 5.91 Å². The number of rotatable bonds is 7. The summed E-state index contributed by atoms with van der Waals surface area (Å²) < 4.78 is 118. The minimum Gasteiger partial charge on any atom is -0.354 e. The molecule has 208 valence electrons. The first-order valence-electron chi connectivity index (χ1n) is 11.7. The standard InChI is InChI=1S/C23H26F9N3O2/c24-21(25,26)16-10-15(11-17(12-16)22(27,28)29)18(36)34-13-14-2-7-35(8-3-14)9-6-33-19(37)20(4-1-5-20)23(30,31)32/h10-12,14H,1-9,13H2,(H,33,37)(H,34,36). The molecule has 0 unspecified atom stereocenters. The molecule has 14 heteroatoms. The van der Waals surface area contributed by atoms with Crippen LogP contribution < -0.4 is 10.6 Å². The molecule has 1 aliphatic heterocycles. The topological polar surface area (TPSA) is 61.4 Å². The monoisotopic (exact) mass is 547 g/mol. The molecule has 1 aliphatic carbocycles. The molecule has 37 heavy (non-hydrogen) atoms. The molecule has 2 fully saturated rings. The number of carbonyl (C=O) groups excluding carboxylic acids is 2. The van der Waals surface area contributed by atoms with Crippen molar-refractivity contribution in [3.63, 3.8) is 0 Å². The zero-order valence-corrected chi connectivity index (χ0v) is 19.5. The van der Waals surface area contributed by atoms with E-state index in [9.17, 15) is 49.1 Å². The van der Waals surface area contributed by atoms with E-state index in [1.165, 1.54) is 0 Å². The third-order valence-electron chi connectivity index (χ3n) is 7.01. The van der Waals surface area contributed by atoms with Gasteiger partial charge < -0.3 is 15.5 Å². The van der Waals surface area contributed by atoms with Gasteiger partial charge in [0.05, 0.1) is 11.1 Å². The Kier molecular flexibility index (Phi) is 8.40. The van der Waals surface area contributed by atoms with Gasteiger partial charge >= 0.3 is 18.5 Å². The minimum atomic E-state index is -5.06. The van der Waals surface area contributed by atoms with Gasteiger partial charge in [0.2, 0.25) is 5.91 Å². The summed E-state index contributed by atoms with van der Waals surface area (Å²) in [4.78, 5) is 26.3. The first kappa shape index (κ1) is 29.1. The number of amides is 2. The number of benzene rings is 1. The summed E-state index contributed by atoms with van der Waals surface area (Å²) >= 11 is 0. The minimum absolute atomic E-state index is 0.0368. The van der Waals surface area contributed by atoms with Crippen LogP contribution in [0.1, 0.15) is 53.6 Å². The van der Waals surface area contributed by atoms with Crippen LogP contribution in [0.4, 0.5) is 39.5 Å². The summed E-state index contributed by atoms with van der Waals surface area (Å²) in [6.07, 6.45) is -13.8. The molecule has 5 nitrogen and oxygen atoms in total. The Labute approximate surface area is 206 Å². The van der Waals surface area contributed by atoms with Crippen molar-refractivity contribution < 1.29 is 49.1 Å². The Morgan fingerprint density at radius 1 is 0.865 bits per heavy atom. The lowest BCUT2D eigenvalue weighted by atomic mass is 9.67. The highest BCUT2D eigenvalue weighted by Gasteiger charge is 2.63. The van der Waals surface area contributed by atoms with Crippen molar-refractivity contribution in [3.05, 3.63) is 34.9 Å². The number of halogens is 9. The van der Waals surface area contributed by atoms with Crippen molar-refractivity contribution in [3.8, 4) is 0 Å². The van der Waals surface area contributed by atoms with Crippen LogP contribution in [0.3, 0.4) is 0 Å². The third-order valence-corrected chi connectivity index (χ3v) is 7.01. The van der Waals surface area contributed by atoms with Crippen LogP contribution in [-0.2, 0) is 17.1 Å². The lowest BCUT2D eigenvalue weighted by molar-refractivity contribution is -0.243.